The number of carbonyl (C=O) groups excluding carboxylic acids is 1. The number of aryl methyl sites for hydroxylation is 1. The van der Waals surface area contributed by atoms with Gasteiger partial charge in [0.1, 0.15) is 10.8 Å². The number of hydrogen-bond acceptors (Lipinski definition) is 3. The first-order chi connectivity index (χ1) is 12.1. The van der Waals surface area contributed by atoms with Crippen LogP contribution in [0.25, 0.3) is 0 Å². The average Bonchev–Trinajstić information content (AvgIpc) is 2.60. The van der Waals surface area contributed by atoms with Gasteiger partial charge in [-0.15, -0.1) is 11.8 Å². The van der Waals surface area contributed by atoms with Crippen molar-refractivity contribution in [2.24, 2.45) is 5.92 Å². The molecule has 0 aliphatic rings. The fraction of sp³-hybridized carbons (Fsp3) is 0.400. The van der Waals surface area contributed by atoms with Crippen LogP contribution in [-0.2, 0) is 6.42 Å². The number of nitrogens with one attached hydrogen (secondary N) is 1. The van der Waals surface area contributed by atoms with Crippen molar-refractivity contribution in [3.8, 4) is 0 Å². The maximum atomic E-state index is 12.9. The number of amides is 1. The predicted molar refractivity (Wildman–Crippen MR) is 101 cm³/mol. The smallest absolute Gasteiger partial charge is 0.254 e. The third-order valence-corrected chi connectivity index (χ3v) is 4.88. The van der Waals surface area contributed by atoms with Gasteiger partial charge in [0.2, 0.25) is 0 Å². The second kappa shape index (κ2) is 10.2. The molecule has 134 valence electrons. The molecule has 0 unspecified atom stereocenters. The molecule has 5 heteroatoms. The van der Waals surface area contributed by atoms with Crippen LogP contribution in [0.4, 0.5) is 4.39 Å². The molecular weight excluding hydrogens is 335 g/mol. The molecule has 1 aromatic heterocycles. The number of benzene rings is 1. The molecule has 1 amide bonds. The molecule has 1 N–H and O–H groups in total. The molecular formula is C20H25FN2OS. The number of aromatic nitrogens is 1. The number of thioether (sulfide) groups is 1. The van der Waals surface area contributed by atoms with Gasteiger partial charge in [-0.1, -0.05) is 26.0 Å². The van der Waals surface area contributed by atoms with Gasteiger partial charge in [0.05, 0.1) is 5.56 Å². The Morgan fingerprint density at radius 1 is 1.24 bits per heavy atom. The van der Waals surface area contributed by atoms with E-state index in [2.05, 4.69) is 24.1 Å². The van der Waals surface area contributed by atoms with Crippen LogP contribution in [0.2, 0.25) is 0 Å². The van der Waals surface area contributed by atoms with E-state index in [9.17, 15) is 9.18 Å². The maximum absolute atomic E-state index is 12.9. The Labute approximate surface area is 153 Å². The molecule has 1 aromatic carbocycles. The van der Waals surface area contributed by atoms with Crippen LogP contribution >= 0.6 is 11.8 Å². The lowest BCUT2D eigenvalue weighted by Gasteiger charge is -2.10. The quantitative estimate of drug-likeness (QED) is 0.520. The molecule has 3 nitrogen and oxygen atoms in total. The second-order valence-corrected chi connectivity index (χ2v) is 7.46. The van der Waals surface area contributed by atoms with Crippen molar-refractivity contribution in [3.63, 3.8) is 0 Å². The topological polar surface area (TPSA) is 42.0 Å². The molecule has 0 atom stereocenters. The summed E-state index contributed by atoms with van der Waals surface area (Å²) in [7, 11) is 0. The van der Waals surface area contributed by atoms with Gasteiger partial charge < -0.3 is 5.32 Å². The van der Waals surface area contributed by atoms with Crippen LogP contribution in [0.1, 0.15) is 42.6 Å². The number of carbonyl (C=O) groups is 1. The van der Waals surface area contributed by atoms with Crippen molar-refractivity contribution < 1.29 is 9.18 Å². The van der Waals surface area contributed by atoms with Gasteiger partial charge >= 0.3 is 0 Å². The van der Waals surface area contributed by atoms with E-state index >= 15 is 0 Å². The first-order valence-corrected chi connectivity index (χ1v) is 9.65. The molecule has 2 rings (SSSR count). The lowest BCUT2D eigenvalue weighted by Crippen LogP contribution is -2.26. The van der Waals surface area contributed by atoms with Crippen LogP contribution in [0, 0.1) is 11.7 Å². The van der Waals surface area contributed by atoms with Crippen LogP contribution in [0.3, 0.4) is 0 Å². The molecule has 0 aliphatic heterocycles. The highest BCUT2D eigenvalue weighted by Crippen LogP contribution is 2.21. The molecule has 25 heavy (non-hydrogen) atoms. The van der Waals surface area contributed by atoms with Crippen LogP contribution < -0.4 is 5.32 Å². The summed E-state index contributed by atoms with van der Waals surface area (Å²) in [5.74, 6) is 1.16. The summed E-state index contributed by atoms with van der Waals surface area (Å²) in [4.78, 5) is 16.7. The number of hydrogen-bond donors (Lipinski definition) is 1. The first kappa shape index (κ1) is 19.4. The van der Waals surface area contributed by atoms with E-state index in [-0.39, 0.29) is 11.7 Å². The summed E-state index contributed by atoms with van der Waals surface area (Å²) in [5.41, 5.74) is 1.76. The highest BCUT2D eigenvalue weighted by molar-refractivity contribution is 7.99. The Hall–Kier alpha value is -1.88. The van der Waals surface area contributed by atoms with E-state index in [1.807, 2.05) is 18.2 Å². The number of nitrogens with zero attached hydrogens (tertiary/aromatic N) is 1. The normalized spacial score (nSPS) is 10.9. The van der Waals surface area contributed by atoms with Crippen molar-refractivity contribution in [1.29, 1.82) is 0 Å². The van der Waals surface area contributed by atoms with Crippen molar-refractivity contribution in [2.75, 3.05) is 12.3 Å². The van der Waals surface area contributed by atoms with E-state index in [1.54, 1.807) is 24.0 Å². The summed E-state index contributed by atoms with van der Waals surface area (Å²) in [6.07, 6.45) is 4.51. The minimum Gasteiger partial charge on any atom is -0.352 e. The largest absolute Gasteiger partial charge is 0.352 e. The van der Waals surface area contributed by atoms with E-state index in [0.29, 0.717) is 18.0 Å². The molecule has 1 heterocycles. The fourth-order valence-electron chi connectivity index (χ4n) is 2.34. The number of rotatable bonds is 9. The van der Waals surface area contributed by atoms with Crippen molar-refractivity contribution in [3.05, 3.63) is 59.5 Å². The van der Waals surface area contributed by atoms with Crippen LogP contribution in [0.5, 0.6) is 0 Å². The summed E-state index contributed by atoms with van der Waals surface area (Å²) >= 11 is 1.59. The van der Waals surface area contributed by atoms with Gasteiger partial charge in [0.15, 0.2) is 0 Å². The second-order valence-electron chi connectivity index (χ2n) is 6.37. The third kappa shape index (κ3) is 6.86. The Bertz CT molecular complexity index is 674. The van der Waals surface area contributed by atoms with Crippen LogP contribution in [-0.4, -0.2) is 23.2 Å². The zero-order chi connectivity index (χ0) is 18.1. The molecule has 0 spiro atoms. The van der Waals surface area contributed by atoms with Gasteiger partial charge in [0, 0.05) is 12.7 Å². The van der Waals surface area contributed by atoms with Gasteiger partial charge in [-0.3, -0.25) is 4.79 Å². The highest BCUT2D eigenvalue weighted by Gasteiger charge is 2.12. The Morgan fingerprint density at radius 3 is 2.72 bits per heavy atom. The lowest BCUT2D eigenvalue weighted by atomic mass is 10.1. The van der Waals surface area contributed by atoms with Crippen molar-refractivity contribution >= 4 is 17.7 Å². The van der Waals surface area contributed by atoms with Crippen molar-refractivity contribution in [2.45, 2.75) is 38.1 Å². The van der Waals surface area contributed by atoms with Gasteiger partial charge in [-0.25, -0.2) is 9.37 Å². The summed E-state index contributed by atoms with van der Waals surface area (Å²) in [6, 6.07) is 10.2. The van der Waals surface area contributed by atoms with E-state index in [4.69, 9.17) is 0 Å². The standard InChI is InChI=1S/C20H25FN2OS/c1-15(2)11-13-22-19(24)18-6-3-12-23-20(18)25-14-4-5-16-7-9-17(21)10-8-16/h3,6-10,12,15H,4-5,11,13-14H2,1-2H3,(H,22,24). The van der Waals surface area contributed by atoms with E-state index < -0.39 is 0 Å². The zero-order valence-corrected chi connectivity index (χ0v) is 15.6. The Balaban J connectivity index is 1.83. The molecule has 0 radical (unpaired) electrons. The van der Waals surface area contributed by atoms with Gasteiger partial charge in [-0.05, 0) is 60.8 Å². The molecule has 0 bridgehead atoms. The molecule has 0 fully saturated rings. The minimum absolute atomic E-state index is 0.0604. The molecule has 0 aliphatic carbocycles. The summed E-state index contributed by atoms with van der Waals surface area (Å²) < 4.78 is 12.9. The van der Waals surface area contributed by atoms with Gasteiger partial charge in [-0.2, -0.15) is 0 Å². The highest BCUT2D eigenvalue weighted by atomic mass is 32.2. The van der Waals surface area contributed by atoms with E-state index in [0.717, 1.165) is 35.6 Å². The SMILES string of the molecule is CC(C)CCNC(=O)c1cccnc1SCCCc1ccc(F)cc1. The molecule has 0 saturated heterocycles. The zero-order valence-electron chi connectivity index (χ0n) is 14.8. The monoisotopic (exact) mass is 360 g/mol. The first-order valence-electron chi connectivity index (χ1n) is 8.66. The number of pyridine rings is 1. The van der Waals surface area contributed by atoms with Crippen molar-refractivity contribution in [1.82, 2.24) is 10.3 Å². The Morgan fingerprint density at radius 2 is 2.00 bits per heavy atom. The van der Waals surface area contributed by atoms with Crippen LogP contribution in [0.15, 0.2) is 47.6 Å². The maximum Gasteiger partial charge on any atom is 0.254 e. The summed E-state index contributed by atoms with van der Waals surface area (Å²) in [5, 5.41) is 3.73. The third-order valence-electron chi connectivity index (χ3n) is 3.78. The van der Waals surface area contributed by atoms with E-state index in [1.165, 1.54) is 12.1 Å². The number of halogens is 1. The molecule has 2 aromatic rings. The van der Waals surface area contributed by atoms with Gasteiger partial charge in [0.25, 0.3) is 5.91 Å². The minimum atomic E-state index is -0.209. The average molecular weight is 360 g/mol. The summed E-state index contributed by atoms with van der Waals surface area (Å²) in [6.45, 7) is 4.96. The fourth-order valence-corrected chi connectivity index (χ4v) is 3.28. The molecule has 0 saturated carbocycles. The predicted octanol–water partition coefficient (Wildman–Crippen LogP) is 4.72. The lowest BCUT2D eigenvalue weighted by molar-refractivity contribution is 0.0948. The Kier molecular flexibility index (Phi) is 7.92.